The van der Waals surface area contributed by atoms with E-state index in [1.54, 1.807) is 0 Å². The van der Waals surface area contributed by atoms with E-state index < -0.39 is 4.92 Å². The van der Waals surface area contributed by atoms with E-state index in [1.807, 2.05) is 0 Å². The largest absolute Gasteiger partial charge is 0.392 e. The van der Waals surface area contributed by atoms with Gasteiger partial charge in [0.2, 0.25) is 0 Å². The first-order chi connectivity index (χ1) is 5.24. The lowest BCUT2D eigenvalue weighted by Crippen LogP contribution is -1.91. The summed E-state index contributed by atoms with van der Waals surface area (Å²) in [6.07, 6.45) is 2.52. The number of aliphatic hydroxyl groups is 1. The molecule has 58 valence electrons. The van der Waals surface area contributed by atoms with Crippen LogP contribution >= 0.6 is 0 Å². The topological polar surface area (TPSA) is 76.3 Å². The molecule has 11 heavy (non-hydrogen) atoms. The van der Waals surface area contributed by atoms with Crippen LogP contribution in [0.25, 0.3) is 0 Å². The van der Waals surface area contributed by atoms with Crippen molar-refractivity contribution in [3.05, 3.63) is 34.1 Å². The Morgan fingerprint density at radius 1 is 1.64 bits per heavy atom. The van der Waals surface area contributed by atoms with Crippen molar-refractivity contribution in [3.8, 4) is 0 Å². The van der Waals surface area contributed by atoms with Crippen molar-refractivity contribution in [2.45, 2.75) is 6.61 Å². The fourth-order valence-electron chi connectivity index (χ4n) is 0.660. The van der Waals surface area contributed by atoms with Crippen molar-refractivity contribution in [2.24, 2.45) is 0 Å². The third-order valence-corrected chi connectivity index (χ3v) is 1.17. The average molecular weight is 154 g/mol. The molecule has 0 aromatic carbocycles. The van der Waals surface area contributed by atoms with Gasteiger partial charge < -0.3 is 5.11 Å². The summed E-state index contributed by atoms with van der Waals surface area (Å²) in [6.45, 7) is -0.228. The molecule has 0 bridgehead atoms. The Balaban J connectivity index is 3.01. The summed E-state index contributed by atoms with van der Waals surface area (Å²) in [7, 11) is 0. The van der Waals surface area contributed by atoms with E-state index in [4.69, 9.17) is 5.11 Å². The number of aliphatic hydroxyl groups excluding tert-OH is 1. The SMILES string of the molecule is O=[N+]([O-])c1cncc(CO)c1. The van der Waals surface area contributed by atoms with Crippen LogP contribution in [0.15, 0.2) is 18.5 Å². The monoisotopic (exact) mass is 154 g/mol. The van der Waals surface area contributed by atoms with Gasteiger partial charge in [-0.3, -0.25) is 15.1 Å². The minimum absolute atomic E-state index is 0.100. The first-order valence-electron chi connectivity index (χ1n) is 2.93. The number of hydrogen-bond acceptors (Lipinski definition) is 4. The molecule has 1 rings (SSSR count). The van der Waals surface area contributed by atoms with Gasteiger partial charge in [-0.05, 0) is 0 Å². The van der Waals surface area contributed by atoms with Crippen LogP contribution in [0.1, 0.15) is 5.56 Å². The Bertz CT molecular complexity index is 274. The van der Waals surface area contributed by atoms with Crippen LogP contribution in [0.3, 0.4) is 0 Å². The van der Waals surface area contributed by atoms with E-state index >= 15 is 0 Å². The molecule has 0 saturated heterocycles. The second kappa shape index (κ2) is 3.07. The van der Waals surface area contributed by atoms with E-state index in [2.05, 4.69) is 4.98 Å². The van der Waals surface area contributed by atoms with Crippen molar-refractivity contribution in [1.29, 1.82) is 0 Å². The van der Waals surface area contributed by atoms with Gasteiger partial charge in [-0.25, -0.2) is 0 Å². The van der Waals surface area contributed by atoms with Crippen LogP contribution in [0.5, 0.6) is 0 Å². The van der Waals surface area contributed by atoms with Crippen LogP contribution < -0.4 is 0 Å². The minimum Gasteiger partial charge on any atom is -0.392 e. The summed E-state index contributed by atoms with van der Waals surface area (Å²) in [5.74, 6) is 0. The molecular weight excluding hydrogens is 148 g/mol. The summed E-state index contributed by atoms with van der Waals surface area (Å²) >= 11 is 0. The highest BCUT2D eigenvalue weighted by atomic mass is 16.6. The van der Waals surface area contributed by atoms with Gasteiger partial charge >= 0.3 is 0 Å². The number of pyridine rings is 1. The normalized spacial score (nSPS) is 9.55. The van der Waals surface area contributed by atoms with E-state index in [1.165, 1.54) is 12.3 Å². The smallest absolute Gasteiger partial charge is 0.287 e. The van der Waals surface area contributed by atoms with Gasteiger partial charge in [0.05, 0.1) is 11.5 Å². The zero-order chi connectivity index (χ0) is 8.27. The number of nitrogens with zero attached hydrogens (tertiary/aromatic N) is 2. The standard InChI is InChI=1S/C6H6N2O3/c9-4-5-1-6(8(10)11)3-7-2-5/h1-3,9H,4H2. The first-order valence-corrected chi connectivity index (χ1v) is 2.93. The van der Waals surface area contributed by atoms with Gasteiger partial charge in [-0.1, -0.05) is 0 Å². The van der Waals surface area contributed by atoms with Crippen LogP contribution in [0.4, 0.5) is 5.69 Å². The Kier molecular flexibility index (Phi) is 2.12. The molecular formula is C6H6N2O3. The maximum atomic E-state index is 10.2. The predicted octanol–water partition coefficient (Wildman–Crippen LogP) is 0.482. The molecule has 1 aromatic heterocycles. The summed E-state index contributed by atoms with van der Waals surface area (Å²) in [5, 5.41) is 18.7. The number of aromatic nitrogens is 1. The van der Waals surface area contributed by atoms with Crippen LogP contribution in [-0.4, -0.2) is 15.0 Å². The minimum atomic E-state index is -0.549. The lowest BCUT2D eigenvalue weighted by molar-refractivity contribution is -0.385. The summed E-state index contributed by atoms with van der Waals surface area (Å²) < 4.78 is 0. The van der Waals surface area contributed by atoms with Crippen LogP contribution in [-0.2, 0) is 6.61 Å². The molecule has 1 heterocycles. The predicted molar refractivity (Wildman–Crippen MR) is 36.8 cm³/mol. The molecule has 0 spiro atoms. The maximum absolute atomic E-state index is 10.2. The quantitative estimate of drug-likeness (QED) is 0.496. The summed E-state index contributed by atoms with van der Waals surface area (Å²) in [4.78, 5) is 13.2. The maximum Gasteiger partial charge on any atom is 0.287 e. The Hall–Kier alpha value is -1.49. The van der Waals surface area contributed by atoms with Crippen molar-refractivity contribution < 1.29 is 10.0 Å². The van der Waals surface area contributed by atoms with Crippen LogP contribution in [0.2, 0.25) is 0 Å². The van der Waals surface area contributed by atoms with E-state index in [-0.39, 0.29) is 12.3 Å². The van der Waals surface area contributed by atoms with Gasteiger partial charge in [0, 0.05) is 17.8 Å². The zero-order valence-corrected chi connectivity index (χ0v) is 5.60. The van der Waals surface area contributed by atoms with Crippen molar-refractivity contribution in [2.75, 3.05) is 0 Å². The second-order valence-electron chi connectivity index (χ2n) is 1.97. The third kappa shape index (κ3) is 1.71. The first kappa shape index (κ1) is 7.62. The zero-order valence-electron chi connectivity index (χ0n) is 5.60. The molecule has 0 aliphatic heterocycles. The highest BCUT2D eigenvalue weighted by Crippen LogP contribution is 2.10. The molecule has 0 radical (unpaired) electrons. The molecule has 5 heteroatoms. The molecule has 0 saturated carbocycles. The van der Waals surface area contributed by atoms with Gasteiger partial charge in [0.15, 0.2) is 0 Å². The van der Waals surface area contributed by atoms with E-state index in [0.717, 1.165) is 6.20 Å². The Labute approximate surface area is 62.5 Å². The molecule has 0 aliphatic rings. The van der Waals surface area contributed by atoms with Crippen molar-refractivity contribution >= 4 is 5.69 Å². The number of hydrogen-bond donors (Lipinski definition) is 1. The van der Waals surface area contributed by atoms with Crippen LogP contribution in [0, 0.1) is 10.1 Å². The molecule has 0 atom stereocenters. The molecule has 0 aliphatic carbocycles. The highest BCUT2D eigenvalue weighted by Gasteiger charge is 2.04. The number of nitro groups is 1. The fraction of sp³-hybridized carbons (Fsp3) is 0.167. The van der Waals surface area contributed by atoms with E-state index in [0.29, 0.717) is 5.56 Å². The summed E-state index contributed by atoms with van der Waals surface area (Å²) in [6, 6.07) is 1.28. The molecule has 0 amide bonds. The Morgan fingerprint density at radius 3 is 2.91 bits per heavy atom. The van der Waals surface area contributed by atoms with E-state index in [9.17, 15) is 10.1 Å². The van der Waals surface area contributed by atoms with Gasteiger partial charge in [-0.2, -0.15) is 0 Å². The molecule has 5 nitrogen and oxygen atoms in total. The molecule has 1 aromatic rings. The Morgan fingerprint density at radius 2 is 2.36 bits per heavy atom. The van der Waals surface area contributed by atoms with Gasteiger partial charge in [0.1, 0.15) is 6.20 Å². The van der Waals surface area contributed by atoms with Crippen molar-refractivity contribution in [1.82, 2.24) is 4.98 Å². The lowest BCUT2D eigenvalue weighted by Gasteiger charge is -1.93. The average Bonchev–Trinajstić information content (AvgIpc) is 2.05. The van der Waals surface area contributed by atoms with Gasteiger partial charge in [0.25, 0.3) is 5.69 Å². The molecule has 0 fully saturated rings. The fourth-order valence-corrected chi connectivity index (χ4v) is 0.660. The third-order valence-electron chi connectivity index (χ3n) is 1.17. The highest BCUT2D eigenvalue weighted by molar-refractivity contribution is 5.29. The molecule has 1 N–H and O–H groups in total. The van der Waals surface area contributed by atoms with Crippen molar-refractivity contribution in [3.63, 3.8) is 0 Å². The van der Waals surface area contributed by atoms with Gasteiger partial charge in [-0.15, -0.1) is 0 Å². The molecule has 0 unspecified atom stereocenters. The second-order valence-corrected chi connectivity index (χ2v) is 1.97. The number of rotatable bonds is 2. The lowest BCUT2D eigenvalue weighted by atomic mass is 10.3. The summed E-state index contributed by atoms with van der Waals surface area (Å²) in [5.41, 5.74) is 0.343.